The average molecular weight is 331 g/mol. The third-order valence-corrected chi connectivity index (χ3v) is 5.54. The molecule has 0 aliphatic carbocycles. The molecule has 0 aliphatic rings. The Morgan fingerprint density at radius 2 is 1.80 bits per heavy atom. The largest absolute Gasteiger partial charge is 0.355 e. The van der Waals surface area contributed by atoms with E-state index in [1.807, 2.05) is 0 Å². The van der Waals surface area contributed by atoms with Crippen molar-refractivity contribution >= 4 is 44.6 Å². The molecule has 1 heterocycles. The minimum absolute atomic E-state index is 0.137. The number of rotatable bonds is 4. The van der Waals surface area contributed by atoms with Gasteiger partial charge in [0.15, 0.2) is 0 Å². The van der Waals surface area contributed by atoms with Gasteiger partial charge in [0, 0.05) is 18.3 Å². The standard InChI is InChI=1S/C12H11ClN2O3S2/c1-14-12(16)8-2-4-9(5-3-8)15-20(17,18)11-7-6-10(13)19-11/h2-7,15H,1H3,(H,14,16). The first-order valence-corrected chi connectivity index (χ1v) is 8.20. The maximum Gasteiger partial charge on any atom is 0.271 e. The molecule has 0 bridgehead atoms. The third kappa shape index (κ3) is 3.30. The zero-order chi connectivity index (χ0) is 14.8. The second-order valence-electron chi connectivity index (χ2n) is 3.82. The van der Waals surface area contributed by atoms with E-state index in [1.54, 1.807) is 0 Å². The highest BCUT2D eigenvalue weighted by Gasteiger charge is 2.16. The summed E-state index contributed by atoms with van der Waals surface area (Å²) in [5, 5.41) is 2.49. The molecule has 2 aromatic rings. The number of nitrogens with one attached hydrogen (secondary N) is 2. The zero-order valence-electron chi connectivity index (χ0n) is 10.4. The normalized spacial score (nSPS) is 11.1. The van der Waals surface area contributed by atoms with Crippen LogP contribution in [0.15, 0.2) is 40.6 Å². The van der Waals surface area contributed by atoms with E-state index in [2.05, 4.69) is 10.0 Å². The summed E-state index contributed by atoms with van der Waals surface area (Å²) in [6.07, 6.45) is 0. The minimum Gasteiger partial charge on any atom is -0.355 e. The molecule has 0 radical (unpaired) electrons. The van der Waals surface area contributed by atoms with Crippen LogP contribution >= 0.6 is 22.9 Å². The number of anilines is 1. The Morgan fingerprint density at radius 1 is 1.15 bits per heavy atom. The first-order valence-electron chi connectivity index (χ1n) is 5.52. The van der Waals surface area contributed by atoms with E-state index in [1.165, 1.54) is 43.4 Å². The van der Waals surface area contributed by atoms with Crippen molar-refractivity contribution in [1.82, 2.24) is 5.32 Å². The van der Waals surface area contributed by atoms with Crippen molar-refractivity contribution in [3.8, 4) is 0 Å². The first-order chi connectivity index (χ1) is 9.42. The number of carbonyl (C=O) groups excluding carboxylic acids is 1. The number of carbonyl (C=O) groups is 1. The molecule has 2 N–H and O–H groups in total. The first kappa shape index (κ1) is 14.8. The molecule has 5 nitrogen and oxygen atoms in total. The molecule has 0 saturated heterocycles. The van der Waals surface area contributed by atoms with E-state index in [0.717, 1.165) is 11.3 Å². The van der Waals surface area contributed by atoms with E-state index >= 15 is 0 Å². The predicted molar refractivity (Wildman–Crippen MR) is 80.0 cm³/mol. The zero-order valence-corrected chi connectivity index (χ0v) is 12.8. The van der Waals surface area contributed by atoms with E-state index in [0.29, 0.717) is 15.6 Å². The molecular weight excluding hydrogens is 320 g/mol. The van der Waals surface area contributed by atoms with Gasteiger partial charge in [-0.2, -0.15) is 0 Å². The van der Waals surface area contributed by atoms with Crippen LogP contribution in [-0.4, -0.2) is 21.4 Å². The van der Waals surface area contributed by atoms with Crippen LogP contribution in [0.5, 0.6) is 0 Å². The van der Waals surface area contributed by atoms with E-state index < -0.39 is 10.0 Å². The molecule has 2 rings (SSSR count). The number of amides is 1. The topological polar surface area (TPSA) is 75.3 Å². The van der Waals surface area contributed by atoms with Gasteiger partial charge in [-0.25, -0.2) is 8.42 Å². The summed E-state index contributed by atoms with van der Waals surface area (Å²) >= 11 is 6.70. The molecule has 8 heteroatoms. The van der Waals surface area contributed by atoms with Gasteiger partial charge in [-0.15, -0.1) is 11.3 Å². The quantitative estimate of drug-likeness (QED) is 0.904. The third-order valence-electron chi connectivity index (χ3n) is 2.44. The van der Waals surface area contributed by atoms with Crippen LogP contribution in [0.4, 0.5) is 5.69 Å². The van der Waals surface area contributed by atoms with Gasteiger partial charge in [0.05, 0.1) is 4.34 Å². The van der Waals surface area contributed by atoms with Gasteiger partial charge in [0.25, 0.3) is 15.9 Å². The van der Waals surface area contributed by atoms with Crippen LogP contribution in [-0.2, 0) is 10.0 Å². The molecule has 0 saturated carbocycles. The Labute approximate surface area is 125 Å². The number of thiophene rings is 1. The lowest BCUT2D eigenvalue weighted by atomic mass is 10.2. The van der Waals surface area contributed by atoms with Crippen LogP contribution in [0.25, 0.3) is 0 Å². The molecule has 0 unspecified atom stereocenters. The number of benzene rings is 1. The summed E-state index contributed by atoms with van der Waals surface area (Å²) in [4.78, 5) is 11.4. The number of hydrogen-bond donors (Lipinski definition) is 2. The van der Waals surface area contributed by atoms with Gasteiger partial charge >= 0.3 is 0 Å². The van der Waals surface area contributed by atoms with Crippen molar-refractivity contribution in [1.29, 1.82) is 0 Å². The monoisotopic (exact) mass is 330 g/mol. The summed E-state index contributed by atoms with van der Waals surface area (Å²) in [5.74, 6) is -0.232. The van der Waals surface area contributed by atoms with Crippen molar-refractivity contribution < 1.29 is 13.2 Å². The molecule has 0 aliphatic heterocycles. The minimum atomic E-state index is -3.65. The predicted octanol–water partition coefficient (Wildman–Crippen LogP) is 2.56. The molecule has 0 spiro atoms. The summed E-state index contributed by atoms with van der Waals surface area (Å²) < 4.78 is 27.1. The van der Waals surface area contributed by atoms with Crippen LogP contribution < -0.4 is 10.0 Å². The highest BCUT2D eigenvalue weighted by molar-refractivity contribution is 7.94. The fourth-order valence-corrected chi connectivity index (χ4v) is 4.02. The molecule has 106 valence electrons. The van der Waals surface area contributed by atoms with Gasteiger partial charge < -0.3 is 5.32 Å². The van der Waals surface area contributed by atoms with Crippen LogP contribution in [0.2, 0.25) is 4.34 Å². The van der Waals surface area contributed by atoms with Gasteiger partial charge in [-0.05, 0) is 36.4 Å². The van der Waals surface area contributed by atoms with Gasteiger partial charge in [0.1, 0.15) is 4.21 Å². The Hall–Kier alpha value is -1.57. The fourth-order valence-electron chi connectivity index (χ4n) is 1.48. The highest BCUT2D eigenvalue weighted by Crippen LogP contribution is 2.27. The summed E-state index contributed by atoms with van der Waals surface area (Å²) in [5.41, 5.74) is 0.830. The van der Waals surface area contributed by atoms with Crippen molar-refractivity contribution in [3.05, 3.63) is 46.3 Å². The Bertz CT molecular complexity index is 723. The van der Waals surface area contributed by atoms with Crippen LogP contribution in [0, 0.1) is 0 Å². The average Bonchev–Trinajstić information content (AvgIpc) is 2.86. The number of hydrogen-bond acceptors (Lipinski definition) is 4. The highest BCUT2D eigenvalue weighted by atomic mass is 35.5. The lowest BCUT2D eigenvalue weighted by Crippen LogP contribution is -2.17. The smallest absolute Gasteiger partial charge is 0.271 e. The SMILES string of the molecule is CNC(=O)c1ccc(NS(=O)(=O)c2ccc(Cl)s2)cc1. The molecule has 1 aromatic carbocycles. The summed E-state index contributed by atoms with van der Waals surface area (Å²) in [6, 6.07) is 9.09. The van der Waals surface area contributed by atoms with Gasteiger partial charge in [0.2, 0.25) is 0 Å². The molecule has 1 aromatic heterocycles. The van der Waals surface area contributed by atoms with E-state index in [-0.39, 0.29) is 10.1 Å². The lowest BCUT2D eigenvalue weighted by Gasteiger charge is -2.07. The number of sulfonamides is 1. The van der Waals surface area contributed by atoms with Crippen molar-refractivity contribution in [2.24, 2.45) is 0 Å². The molecule has 0 atom stereocenters. The van der Waals surface area contributed by atoms with Crippen molar-refractivity contribution in [2.45, 2.75) is 4.21 Å². The summed E-state index contributed by atoms with van der Waals surface area (Å²) in [6.45, 7) is 0. The second-order valence-corrected chi connectivity index (χ2v) is 7.44. The number of halogens is 1. The summed E-state index contributed by atoms with van der Waals surface area (Å²) in [7, 11) is -2.12. The molecule has 0 fully saturated rings. The lowest BCUT2D eigenvalue weighted by molar-refractivity contribution is 0.0963. The van der Waals surface area contributed by atoms with Crippen molar-refractivity contribution in [2.75, 3.05) is 11.8 Å². The Balaban J connectivity index is 2.20. The van der Waals surface area contributed by atoms with Gasteiger partial charge in [-0.3, -0.25) is 9.52 Å². The second kappa shape index (κ2) is 5.82. The molecular formula is C12H11ClN2O3S2. The Morgan fingerprint density at radius 3 is 2.30 bits per heavy atom. The van der Waals surface area contributed by atoms with E-state index in [4.69, 9.17) is 11.6 Å². The van der Waals surface area contributed by atoms with E-state index in [9.17, 15) is 13.2 Å². The Kier molecular flexibility index (Phi) is 4.32. The molecule has 1 amide bonds. The fraction of sp³-hybridized carbons (Fsp3) is 0.0833. The van der Waals surface area contributed by atoms with Gasteiger partial charge in [-0.1, -0.05) is 11.6 Å². The maximum atomic E-state index is 12.1. The van der Waals surface area contributed by atoms with Crippen LogP contribution in [0.1, 0.15) is 10.4 Å². The maximum absolute atomic E-state index is 12.1. The molecule has 20 heavy (non-hydrogen) atoms. The van der Waals surface area contributed by atoms with Crippen LogP contribution in [0.3, 0.4) is 0 Å². The van der Waals surface area contributed by atoms with Crippen molar-refractivity contribution in [3.63, 3.8) is 0 Å².